The Kier molecular flexibility index (Phi) is 8.39. The fraction of sp³-hybridized carbons (Fsp3) is 0.362. The first kappa shape index (κ1) is 31.5. The second-order valence-electron chi connectivity index (χ2n) is 15.2. The van der Waals surface area contributed by atoms with Crippen molar-refractivity contribution in [2.24, 2.45) is 5.92 Å². The van der Waals surface area contributed by atoms with E-state index in [2.05, 4.69) is 156 Å². The summed E-state index contributed by atoms with van der Waals surface area (Å²) in [5.74, 6) is 2.25. The van der Waals surface area contributed by atoms with Gasteiger partial charge in [0.1, 0.15) is 0 Å². The Bertz CT molecular complexity index is 1880. The first-order valence-electron chi connectivity index (χ1n) is 19.5. The quantitative estimate of drug-likeness (QED) is 0.164. The number of likely N-dealkylation sites (N-methyl/N-ethyl adjacent to an activating group) is 2. The molecule has 4 aliphatic rings. The van der Waals surface area contributed by atoms with Crippen molar-refractivity contribution in [3.05, 3.63) is 150 Å². The molecule has 0 bridgehead atoms. The van der Waals surface area contributed by atoms with Crippen LogP contribution in [0.15, 0.2) is 127 Å². The Balaban J connectivity index is 1.12. The summed E-state index contributed by atoms with van der Waals surface area (Å²) >= 11 is 0. The second-order valence-corrected chi connectivity index (χ2v) is 15.2. The van der Waals surface area contributed by atoms with Crippen LogP contribution >= 0.6 is 0 Å². The van der Waals surface area contributed by atoms with Gasteiger partial charge in [-0.15, -0.1) is 0 Å². The molecule has 5 aromatic rings. The fourth-order valence-electron chi connectivity index (χ4n) is 10.8. The van der Waals surface area contributed by atoms with Gasteiger partial charge in [0.15, 0.2) is 0 Å². The zero-order valence-corrected chi connectivity index (χ0v) is 29.8. The molecule has 0 radical (unpaired) electrons. The van der Waals surface area contributed by atoms with Gasteiger partial charge in [0, 0.05) is 71.4 Å². The van der Waals surface area contributed by atoms with Crippen LogP contribution in [-0.4, -0.2) is 25.2 Å². The average molecular weight is 658 g/mol. The largest absolute Gasteiger partial charge is 0.368 e. The molecule has 6 unspecified atom stereocenters. The normalized spacial score (nSPS) is 24.2. The molecule has 0 N–H and O–H groups in total. The van der Waals surface area contributed by atoms with E-state index in [9.17, 15) is 0 Å². The maximum Gasteiger partial charge on any atom is 0.0461 e. The van der Waals surface area contributed by atoms with Gasteiger partial charge >= 0.3 is 0 Å². The van der Waals surface area contributed by atoms with Crippen LogP contribution in [0, 0.1) is 5.92 Å². The van der Waals surface area contributed by atoms with Crippen LogP contribution in [0.4, 0.5) is 28.4 Å². The smallest absolute Gasteiger partial charge is 0.0461 e. The Morgan fingerprint density at radius 2 is 1.12 bits per heavy atom. The van der Waals surface area contributed by atoms with E-state index >= 15 is 0 Å². The molecule has 254 valence electrons. The third-order valence-electron chi connectivity index (χ3n) is 12.8. The third kappa shape index (κ3) is 5.32. The number of fused-ring (bicyclic) bond motifs is 6. The number of benzene rings is 5. The molecular weight excluding hydrogens is 607 g/mol. The molecule has 0 aromatic heterocycles. The van der Waals surface area contributed by atoms with Crippen molar-refractivity contribution < 1.29 is 0 Å². The Morgan fingerprint density at radius 1 is 0.540 bits per heavy atom. The number of nitrogens with zero attached hydrogens (tertiary/aromatic N) is 3. The molecule has 2 heterocycles. The van der Waals surface area contributed by atoms with Gasteiger partial charge in [-0.05, 0) is 123 Å². The molecular formula is C47H51N3. The molecule has 2 saturated carbocycles. The summed E-state index contributed by atoms with van der Waals surface area (Å²) in [4.78, 5) is 7.82. The molecule has 2 aliphatic heterocycles. The molecule has 0 saturated heterocycles. The van der Waals surface area contributed by atoms with Crippen LogP contribution in [0.3, 0.4) is 0 Å². The summed E-state index contributed by atoms with van der Waals surface area (Å²) in [6, 6.07) is 49.6. The molecule has 2 aliphatic carbocycles. The third-order valence-corrected chi connectivity index (χ3v) is 12.8. The second kappa shape index (κ2) is 13.3. The van der Waals surface area contributed by atoms with E-state index in [1.165, 1.54) is 84.5 Å². The van der Waals surface area contributed by atoms with Crippen molar-refractivity contribution in [3.8, 4) is 0 Å². The highest BCUT2D eigenvalue weighted by atomic mass is 15.2. The Morgan fingerprint density at radius 3 is 1.82 bits per heavy atom. The van der Waals surface area contributed by atoms with Crippen LogP contribution in [0.25, 0.3) is 0 Å². The first-order chi connectivity index (χ1) is 24.7. The molecule has 3 heteroatoms. The molecule has 3 nitrogen and oxygen atoms in total. The summed E-state index contributed by atoms with van der Waals surface area (Å²) in [6.45, 7) is 6.89. The van der Waals surface area contributed by atoms with Gasteiger partial charge in [-0.3, -0.25) is 0 Å². The predicted molar refractivity (Wildman–Crippen MR) is 211 cm³/mol. The van der Waals surface area contributed by atoms with Gasteiger partial charge < -0.3 is 14.7 Å². The van der Waals surface area contributed by atoms with E-state index in [1.807, 2.05) is 0 Å². The van der Waals surface area contributed by atoms with Gasteiger partial charge in [0.25, 0.3) is 0 Å². The number of hydrogen-bond acceptors (Lipinski definition) is 3. The number of anilines is 5. The highest BCUT2D eigenvalue weighted by Crippen LogP contribution is 2.54. The highest BCUT2D eigenvalue weighted by molar-refractivity contribution is 5.76. The average Bonchev–Trinajstić information content (AvgIpc) is 3.68. The molecule has 0 spiro atoms. The SMILES string of the molecule is CCN1c2ccc(C(c3ccc(N(c4ccccc4)c4ccccc4)cc3)C3CCC4C(C3)c3ccccc3N4CC)cc2C2CCCCC21. The molecule has 5 aromatic carbocycles. The lowest BCUT2D eigenvalue weighted by Gasteiger charge is -2.40. The van der Waals surface area contributed by atoms with Crippen molar-refractivity contribution >= 4 is 28.4 Å². The predicted octanol–water partition coefficient (Wildman–Crippen LogP) is 11.9. The number of hydrogen-bond donors (Lipinski definition) is 0. The summed E-state index contributed by atoms with van der Waals surface area (Å²) < 4.78 is 0. The lowest BCUT2D eigenvalue weighted by atomic mass is 9.68. The summed E-state index contributed by atoms with van der Waals surface area (Å²) in [7, 11) is 0. The number of para-hydroxylation sites is 3. The monoisotopic (exact) mass is 657 g/mol. The van der Waals surface area contributed by atoms with E-state index < -0.39 is 0 Å². The van der Waals surface area contributed by atoms with Crippen molar-refractivity contribution in [1.82, 2.24) is 0 Å². The van der Waals surface area contributed by atoms with E-state index in [1.54, 1.807) is 11.1 Å². The maximum absolute atomic E-state index is 2.73. The zero-order chi connectivity index (χ0) is 33.6. The van der Waals surface area contributed by atoms with Crippen LogP contribution in [-0.2, 0) is 0 Å². The molecule has 50 heavy (non-hydrogen) atoms. The van der Waals surface area contributed by atoms with Gasteiger partial charge in [-0.2, -0.15) is 0 Å². The summed E-state index contributed by atoms with van der Waals surface area (Å²) in [5.41, 5.74) is 12.8. The van der Waals surface area contributed by atoms with Crippen molar-refractivity contribution in [1.29, 1.82) is 0 Å². The topological polar surface area (TPSA) is 9.72 Å². The minimum atomic E-state index is 0.373. The minimum Gasteiger partial charge on any atom is -0.368 e. The Hall–Kier alpha value is -4.50. The standard InChI is InChI=1S/C47H51N3/c1-3-48-43-21-13-11-19-39(43)41-31-34(25-29-45(41)48)47(35-26-30-46-42(32-35)40-20-12-14-22-44(40)49(46)4-2)33-23-27-38(28-24-33)50(36-15-7-5-8-16-36)37-17-9-6-10-18-37/h5-11,13,15-19,21,23-24,26-28,30,32,34,40-41,44-45,47H,3-4,12,14,20,22,25,29,31H2,1-2H3. The lowest BCUT2D eigenvalue weighted by Crippen LogP contribution is -2.38. The van der Waals surface area contributed by atoms with E-state index in [0.717, 1.165) is 13.1 Å². The van der Waals surface area contributed by atoms with Crippen LogP contribution in [0.5, 0.6) is 0 Å². The molecule has 0 amide bonds. The fourth-order valence-corrected chi connectivity index (χ4v) is 10.8. The maximum atomic E-state index is 2.73. The minimum absolute atomic E-state index is 0.373. The van der Waals surface area contributed by atoms with E-state index in [4.69, 9.17) is 0 Å². The number of rotatable bonds is 8. The zero-order valence-electron chi connectivity index (χ0n) is 29.8. The first-order valence-corrected chi connectivity index (χ1v) is 19.5. The molecule has 2 fully saturated rings. The van der Waals surface area contributed by atoms with Gasteiger partial charge in [0.05, 0.1) is 0 Å². The van der Waals surface area contributed by atoms with E-state index in [0.29, 0.717) is 35.8 Å². The lowest BCUT2D eigenvalue weighted by molar-refractivity contribution is 0.271. The molecule has 6 atom stereocenters. The highest BCUT2D eigenvalue weighted by Gasteiger charge is 2.44. The molecule has 9 rings (SSSR count). The van der Waals surface area contributed by atoms with Gasteiger partial charge in [-0.1, -0.05) is 91.7 Å². The summed E-state index contributed by atoms with van der Waals surface area (Å²) in [6.07, 6.45) is 9.19. The van der Waals surface area contributed by atoms with Gasteiger partial charge in [0.2, 0.25) is 0 Å². The van der Waals surface area contributed by atoms with Crippen LogP contribution < -0.4 is 14.7 Å². The van der Waals surface area contributed by atoms with Crippen molar-refractivity contribution in [2.75, 3.05) is 27.8 Å². The van der Waals surface area contributed by atoms with Crippen LogP contribution in [0.1, 0.15) is 98.8 Å². The van der Waals surface area contributed by atoms with Crippen molar-refractivity contribution in [3.63, 3.8) is 0 Å². The Labute approximate surface area is 299 Å². The van der Waals surface area contributed by atoms with Crippen LogP contribution in [0.2, 0.25) is 0 Å². The van der Waals surface area contributed by atoms with E-state index in [-0.39, 0.29) is 0 Å². The van der Waals surface area contributed by atoms with Crippen molar-refractivity contribution in [2.45, 2.75) is 88.6 Å². The summed E-state index contributed by atoms with van der Waals surface area (Å²) in [5, 5.41) is 0. The van der Waals surface area contributed by atoms with Gasteiger partial charge in [-0.25, -0.2) is 0 Å².